The summed E-state index contributed by atoms with van der Waals surface area (Å²) in [5, 5.41) is 9.53. The van der Waals surface area contributed by atoms with Gasteiger partial charge in [0.25, 0.3) is 0 Å². The van der Waals surface area contributed by atoms with Crippen LogP contribution in [0.5, 0.6) is 11.5 Å². The van der Waals surface area contributed by atoms with Crippen LogP contribution in [-0.2, 0) is 0 Å². The third-order valence-corrected chi connectivity index (χ3v) is 5.94. The minimum atomic E-state index is -0.109. The van der Waals surface area contributed by atoms with Crippen LogP contribution in [0, 0.1) is 0 Å². The third-order valence-electron chi connectivity index (χ3n) is 5.31. The molecule has 0 fully saturated rings. The zero-order valence-electron chi connectivity index (χ0n) is 18.6. The van der Waals surface area contributed by atoms with Crippen molar-refractivity contribution in [1.82, 2.24) is 0 Å². The minimum Gasteiger partial charge on any atom is -0.507 e. The summed E-state index contributed by atoms with van der Waals surface area (Å²) < 4.78 is 6.34. The molecular formula is C27H35BrO3. The van der Waals surface area contributed by atoms with Gasteiger partial charge in [0, 0.05) is 5.56 Å². The number of phenolic OH excluding ortho intramolecular Hbond substituents is 1. The predicted molar refractivity (Wildman–Crippen MR) is 133 cm³/mol. The molecule has 0 bridgehead atoms. The van der Waals surface area contributed by atoms with E-state index < -0.39 is 0 Å². The number of allylic oxidation sites excluding steroid dienone is 1. The van der Waals surface area contributed by atoms with Gasteiger partial charge in [0.15, 0.2) is 5.78 Å². The summed E-state index contributed by atoms with van der Waals surface area (Å²) in [5.74, 6) is 0.873. The van der Waals surface area contributed by atoms with Crippen LogP contribution in [0.3, 0.4) is 0 Å². The van der Waals surface area contributed by atoms with Crippen molar-refractivity contribution >= 4 is 27.8 Å². The van der Waals surface area contributed by atoms with Crippen molar-refractivity contribution in [3.8, 4) is 11.5 Å². The molecule has 4 heteroatoms. The highest BCUT2D eigenvalue weighted by atomic mass is 79.9. The maximum Gasteiger partial charge on any atom is 0.185 e. The monoisotopic (exact) mass is 486 g/mol. The van der Waals surface area contributed by atoms with Crippen molar-refractivity contribution in [2.45, 2.75) is 71.1 Å². The molecule has 0 saturated heterocycles. The molecule has 168 valence electrons. The number of ether oxygens (including phenoxy) is 1. The van der Waals surface area contributed by atoms with Gasteiger partial charge in [-0.1, -0.05) is 82.9 Å². The van der Waals surface area contributed by atoms with Crippen molar-refractivity contribution in [1.29, 1.82) is 0 Å². The summed E-state index contributed by atoms with van der Waals surface area (Å²) >= 11 is 3.23. The average Bonchev–Trinajstić information content (AvgIpc) is 2.78. The molecule has 2 rings (SSSR count). The van der Waals surface area contributed by atoms with E-state index in [1.165, 1.54) is 63.9 Å². The largest absolute Gasteiger partial charge is 0.507 e. The number of phenols is 1. The molecule has 0 radical (unpaired) electrons. The molecule has 0 unspecified atom stereocenters. The first-order chi connectivity index (χ1) is 15.1. The van der Waals surface area contributed by atoms with Crippen LogP contribution in [0.15, 0.2) is 53.0 Å². The fourth-order valence-electron chi connectivity index (χ4n) is 3.38. The zero-order chi connectivity index (χ0) is 22.3. The first kappa shape index (κ1) is 25.2. The van der Waals surface area contributed by atoms with Gasteiger partial charge in [-0.05, 0) is 64.3 Å². The number of unbranched alkanes of at least 4 members (excludes halogenated alkanes) is 9. The van der Waals surface area contributed by atoms with Crippen molar-refractivity contribution in [2.24, 2.45) is 0 Å². The Morgan fingerprint density at radius 1 is 0.903 bits per heavy atom. The topological polar surface area (TPSA) is 46.5 Å². The third kappa shape index (κ3) is 10.2. The van der Waals surface area contributed by atoms with Crippen molar-refractivity contribution in [3.05, 3.63) is 64.1 Å². The van der Waals surface area contributed by atoms with Crippen LogP contribution in [0.25, 0.3) is 6.08 Å². The lowest BCUT2D eigenvalue weighted by molar-refractivity contribution is 0.104. The summed E-state index contributed by atoms with van der Waals surface area (Å²) in [6.45, 7) is 3.01. The van der Waals surface area contributed by atoms with E-state index in [0.717, 1.165) is 24.3 Å². The molecule has 0 aliphatic carbocycles. The van der Waals surface area contributed by atoms with Gasteiger partial charge in [-0.15, -0.1) is 0 Å². The average molecular weight is 487 g/mol. The van der Waals surface area contributed by atoms with E-state index in [0.29, 0.717) is 10.0 Å². The Labute approximate surface area is 195 Å². The van der Waals surface area contributed by atoms with Gasteiger partial charge in [0.1, 0.15) is 11.5 Å². The Balaban J connectivity index is 1.61. The molecule has 0 aromatic heterocycles. The molecule has 2 aromatic carbocycles. The second-order valence-corrected chi connectivity index (χ2v) is 8.82. The Hall–Kier alpha value is -2.07. The molecule has 1 N–H and O–H groups in total. The van der Waals surface area contributed by atoms with E-state index in [1.807, 2.05) is 24.3 Å². The fraction of sp³-hybridized carbons (Fsp3) is 0.444. The first-order valence-electron chi connectivity index (χ1n) is 11.5. The van der Waals surface area contributed by atoms with Gasteiger partial charge in [-0.2, -0.15) is 0 Å². The number of aromatic hydroxyl groups is 1. The summed E-state index contributed by atoms with van der Waals surface area (Å²) in [6.07, 6.45) is 16.5. The van der Waals surface area contributed by atoms with Crippen molar-refractivity contribution < 1.29 is 14.6 Å². The van der Waals surface area contributed by atoms with Gasteiger partial charge in [0.2, 0.25) is 0 Å². The number of hydrogen-bond acceptors (Lipinski definition) is 3. The predicted octanol–water partition coefficient (Wildman–Crippen LogP) is 8.35. The smallest absolute Gasteiger partial charge is 0.185 e. The maximum atomic E-state index is 12.3. The standard InChI is InChI=1S/C27H35BrO3/c1-2-3-4-5-6-7-8-9-10-11-20-31-24-16-12-22(13-17-24)14-18-26(29)23-15-19-27(30)25(28)21-23/h12-19,21,30H,2-11,20H2,1H3/b18-14+. The zero-order valence-corrected chi connectivity index (χ0v) is 20.2. The summed E-state index contributed by atoms with van der Waals surface area (Å²) in [7, 11) is 0. The number of rotatable bonds is 15. The molecule has 3 nitrogen and oxygen atoms in total. The molecular weight excluding hydrogens is 452 g/mol. The Morgan fingerprint density at radius 2 is 1.52 bits per heavy atom. The van der Waals surface area contributed by atoms with E-state index in [9.17, 15) is 9.90 Å². The van der Waals surface area contributed by atoms with Crippen LogP contribution in [0.4, 0.5) is 0 Å². The number of halogens is 1. The minimum absolute atomic E-state index is 0.109. The SMILES string of the molecule is CCCCCCCCCCCCOc1ccc(/C=C/C(=O)c2ccc(O)c(Br)c2)cc1. The molecule has 0 spiro atoms. The quantitative estimate of drug-likeness (QED) is 0.156. The molecule has 0 aliphatic rings. The van der Waals surface area contributed by atoms with E-state index in [4.69, 9.17) is 4.74 Å². The lowest BCUT2D eigenvalue weighted by atomic mass is 10.1. The van der Waals surface area contributed by atoms with Gasteiger partial charge in [-0.25, -0.2) is 0 Å². The summed E-state index contributed by atoms with van der Waals surface area (Å²) in [6, 6.07) is 12.5. The van der Waals surface area contributed by atoms with Crippen LogP contribution in [0.1, 0.15) is 87.1 Å². The lowest BCUT2D eigenvalue weighted by Crippen LogP contribution is -1.97. The highest BCUT2D eigenvalue weighted by Crippen LogP contribution is 2.24. The molecule has 31 heavy (non-hydrogen) atoms. The number of carbonyl (C=O) groups is 1. The van der Waals surface area contributed by atoms with Gasteiger partial charge in [-0.3, -0.25) is 4.79 Å². The van der Waals surface area contributed by atoms with Crippen LogP contribution in [-0.4, -0.2) is 17.5 Å². The molecule has 0 saturated carbocycles. The molecule has 0 aliphatic heterocycles. The Kier molecular flexibility index (Phi) is 12.1. The molecule has 0 heterocycles. The molecule has 0 amide bonds. The Bertz CT molecular complexity index is 812. The van der Waals surface area contributed by atoms with E-state index in [1.54, 1.807) is 24.3 Å². The second kappa shape index (κ2) is 14.9. The van der Waals surface area contributed by atoms with E-state index in [2.05, 4.69) is 22.9 Å². The van der Waals surface area contributed by atoms with E-state index in [-0.39, 0.29) is 11.5 Å². The van der Waals surface area contributed by atoms with Gasteiger partial charge >= 0.3 is 0 Å². The highest BCUT2D eigenvalue weighted by molar-refractivity contribution is 9.10. The Morgan fingerprint density at radius 3 is 2.13 bits per heavy atom. The van der Waals surface area contributed by atoms with Crippen LogP contribution in [0.2, 0.25) is 0 Å². The number of benzene rings is 2. The molecule has 2 aromatic rings. The number of hydrogen-bond donors (Lipinski definition) is 1. The maximum absolute atomic E-state index is 12.3. The van der Waals surface area contributed by atoms with Crippen LogP contribution < -0.4 is 4.74 Å². The van der Waals surface area contributed by atoms with Crippen molar-refractivity contribution in [2.75, 3.05) is 6.61 Å². The summed E-state index contributed by atoms with van der Waals surface area (Å²) in [5.41, 5.74) is 1.47. The second-order valence-electron chi connectivity index (χ2n) is 7.96. The normalized spacial score (nSPS) is 11.2. The molecule has 0 atom stereocenters. The number of carbonyl (C=O) groups excluding carboxylic acids is 1. The van der Waals surface area contributed by atoms with Crippen molar-refractivity contribution in [3.63, 3.8) is 0 Å². The summed E-state index contributed by atoms with van der Waals surface area (Å²) in [4.78, 5) is 12.3. The van der Waals surface area contributed by atoms with Gasteiger partial charge < -0.3 is 9.84 Å². The lowest BCUT2D eigenvalue weighted by Gasteiger charge is -2.06. The first-order valence-corrected chi connectivity index (χ1v) is 12.3. The fourth-order valence-corrected chi connectivity index (χ4v) is 3.76. The van der Waals surface area contributed by atoms with Gasteiger partial charge in [0.05, 0.1) is 11.1 Å². The number of ketones is 1. The highest BCUT2D eigenvalue weighted by Gasteiger charge is 2.05. The van der Waals surface area contributed by atoms with E-state index >= 15 is 0 Å². The van der Waals surface area contributed by atoms with Crippen LogP contribution >= 0.6 is 15.9 Å².